The number of amides is 2. The van der Waals surface area contributed by atoms with Gasteiger partial charge in [-0.2, -0.15) is 0 Å². The van der Waals surface area contributed by atoms with Gasteiger partial charge >= 0.3 is 0 Å². The minimum atomic E-state index is -0.512. The summed E-state index contributed by atoms with van der Waals surface area (Å²) < 4.78 is 0. The minimum absolute atomic E-state index is 0.0239. The predicted octanol–water partition coefficient (Wildman–Crippen LogP) is 1.79. The van der Waals surface area contributed by atoms with Crippen molar-refractivity contribution in [2.75, 3.05) is 23.3 Å². The number of nitrogens with zero attached hydrogens (tertiary/aromatic N) is 1. The Kier molecular flexibility index (Phi) is 3.78. The highest BCUT2D eigenvalue weighted by molar-refractivity contribution is 6.01. The fraction of sp³-hybridized carbons (Fsp3) is 0.176. The number of para-hydroxylation sites is 2. The Morgan fingerprint density at radius 1 is 1.09 bits per heavy atom. The third-order valence-corrected chi connectivity index (χ3v) is 3.81. The Morgan fingerprint density at radius 3 is 2.64 bits per heavy atom. The van der Waals surface area contributed by atoms with Crippen molar-refractivity contribution in [1.29, 1.82) is 0 Å². The number of anilines is 2. The first-order valence-corrected chi connectivity index (χ1v) is 7.18. The van der Waals surface area contributed by atoms with Crippen LogP contribution in [0.4, 0.5) is 11.4 Å². The third kappa shape index (κ3) is 2.65. The van der Waals surface area contributed by atoms with Crippen molar-refractivity contribution in [3.05, 3.63) is 59.7 Å². The van der Waals surface area contributed by atoms with E-state index in [0.717, 1.165) is 12.1 Å². The molecule has 0 saturated heterocycles. The fourth-order valence-electron chi connectivity index (χ4n) is 2.72. The van der Waals surface area contributed by atoms with Crippen molar-refractivity contribution in [3.8, 4) is 0 Å². The van der Waals surface area contributed by atoms with Crippen molar-refractivity contribution < 1.29 is 9.59 Å². The lowest BCUT2D eigenvalue weighted by molar-refractivity contribution is -0.116. The van der Waals surface area contributed by atoms with Gasteiger partial charge in [-0.15, -0.1) is 0 Å². The van der Waals surface area contributed by atoms with Gasteiger partial charge in [0.25, 0.3) is 5.91 Å². The minimum Gasteiger partial charge on any atom is -0.375 e. The second-order valence-corrected chi connectivity index (χ2v) is 5.19. The molecule has 22 heavy (non-hydrogen) atoms. The van der Waals surface area contributed by atoms with Crippen molar-refractivity contribution in [2.45, 2.75) is 6.42 Å². The topological polar surface area (TPSA) is 75.4 Å². The quantitative estimate of drug-likeness (QED) is 0.903. The van der Waals surface area contributed by atoms with Crippen LogP contribution in [0.3, 0.4) is 0 Å². The van der Waals surface area contributed by atoms with Crippen molar-refractivity contribution in [1.82, 2.24) is 0 Å². The number of nitrogens with two attached hydrogens (primary N) is 1. The predicted molar refractivity (Wildman–Crippen MR) is 85.9 cm³/mol. The molecule has 0 fully saturated rings. The number of fused-ring (bicyclic) bond motifs is 1. The fourth-order valence-corrected chi connectivity index (χ4v) is 2.72. The molecule has 2 amide bonds. The van der Waals surface area contributed by atoms with E-state index in [0.29, 0.717) is 17.8 Å². The van der Waals surface area contributed by atoms with E-state index in [1.165, 1.54) is 5.56 Å². The van der Waals surface area contributed by atoms with Crippen LogP contribution in [0.5, 0.6) is 0 Å². The van der Waals surface area contributed by atoms with Crippen molar-refractivity contribution in [2.24, 2.45) is 5.73 Å². The van der Waals surface area contributed by atoms with Crippen LogP contribution in [-0.4, -0.2) is 24.9 Å². The Balaban J connectivity index is 1.71. The normalized spacial score (nSPS) is 12.8. The zero-order valence-corrected chi connectivity index (χ0v) is 12.1. The number of nitrogens with one attached hydrogen (secondary N) is 1. The molecular formula is C17H17N3O2. The summed E-state index contributed by atoms with van der Waals surface area (Å²) in [4.78, 5) is 25.6. The van der Waals surface area contributed by atoms with E-state index >= 15 is 0 Å². The Hall–Kier alpha value is -2.82. The summed E-state index contributed by atoms with van der Waals surface area (Å²) in [5, 5.41) is 3.01. The summed E-state index contributed by atoms with van der Waals surface area (Å²) in [6, 6.07) is 14.8. The second kappa shape index (κ2) is 5.89. The molecule has 0 spiro atoms. The Labute approximate surface area is 128 Å². The number of hydrogen-bond acceptors (Lipinski definition) is 3. The summed E-state index contributed by atoms with van der Waals surface area (Å²) in [6.07, 6.45) is 0.875. The highest BCUT2D eigenvalue weighted by Gasteiger charge is 2.23. The number of hydrogen-bond donors (Lipinski definition) is 2. The Morgan fingerprint density at radius 2 is 1.82 bits per heavy atom. The summed E-state index contributed by atoms with van der Waals surface area (Å²) in [6.45, 7) is 0.815. The second-order valence-electron chi connectivity index (χ2n) is 5.19. The van der Waals surface area contributed by atoms with Gasteiger partial charge in [-0.3, -0.25) is 9.59 Å². The highest BCUT2D eigenvalue weighted by atomic mass is 16.2. The largest absolute Gasteiger partial charge is 0.375 e. The van der Waals surface area contributed by atoms with Gasteiger partial charge in [0.2, 0.25) is 5.91 Å². The first-order valence-electron chi connectivity index (χ1n) is 7.18. The Bertz CT molecular complexity index is 727. The molecule has 0 saturated carbocycles. The van der Waals surface area contributed by atoms with Gasteiger partial charge in [0.15, 0.2) is 0 Å². The van der Waals surface area contributed by atoms with Gasteiger partial charge in [0, 0.05) is 17.9 Å². The molecule has 2 aromatic rings. The van der Waals surface area contributed by atoms with E-state index in [9.17, 15) is 9.59 Å². The molecule has 1 aliphatic heterocycles. The average Bonchev–Trinajstić information content (AvgIpc) is 2.97. The third-order valence-electron chi connectivity index (χ3n) is 3.81. The van der Waals surface area contributed by atoms with Gasteiger partial charge in [-0.05, 0) is 30.2 Å². The molecule has 1 heterocycles. The lowest BCUT2D eigenvalue weighted by atomic mass is 10.1. The number of primary amides is 1. The summed E-state index contributed by atoms with van der Waals surface area (Å²) in [5.74, 6) is -0.536. The van der Waals surface area contributed by atoms with E-state index in [2.05, 4.69) is 5.32 Å². The lowest BCUT2D eigenvalue weighted by Crippen LogP contribution is -2.34. The summed E-state index contributed by atoms with van der Waals surface area (Å²) >= 11 is 0. The van der Waals surface area contributed by atoms with E-state index in [4.69, 9.17) is 5.73 Å². The highest BCUT2D eigenvalue weighted by Crippen LogP contribution is 2.27. The molecule has 0 bridgehead atoms. The van der Waals surface area contributed by atoms with E-state index < -0.39 is 5.91 Å². The van der Waals surface area contributed by atoms with E-state index in [1.807, 2.05) is 24.3 Å². The van der Waals surface area contributed by atoms with Crippen LogP contribution in [0.1, 0.15) is 15.9 Å². The molecule has 0 atom stereocenters. The standard InChI is InChI=1S/C17H17N3O2/c18-17(22)13-6-2-3-7-14(13)19-11-16(21)20-10-9-12-5-1-4-8-15(12)20/h1-8,19H,9-11H2,(H2,18,22). The molecular weight excluding hydrogens is 278 g/mol. The van der Waals surface area contributed by atoms with Crippen molar-refractivity contribution in [3.63, 3.8) is 0 Å². The molecule has 5 heteroatoms. The van der Waals surface area contributed by atoms with Crippen LogP contribution >= 0.6 is 0 Å². The molecule has 3 rings (SSSR count). The molecule has 5 nitrogen and oxygen atoms in total. The van der Waals surface area contributed by atoms with Crippen LogP contribution < -0.4 is 16.0 Å². The summed E-state index contributed by atoms with van der Waals surface area (Å²) in [7, 11) is 0. The van der Waals surface area contributed by atoms with Gasteiger partial charge in [-0.1, -0.05) is 30.3 Å². The number of benzene rings is 2. The SMILES string of the molecule is NC(=O)c1ccccc1NCC(=O)N1CCc2ccccc21. The molecule has 2 aromatic carbocycles. The van der Waals surface area contributed by atoms with Gasteiger partial charge in [0.1, 0.15) is 0 Å². The number of carbonyl (C=O) groups is 2. The van der Waals surface area contributed by atoms with Crippen molar-refractivity contribution >= 4 is 23.2 Å². The summed E-state index contributed by atoms with van der Waals surface area (Å²) in [5.41, 5.74) is 8.46. The van der Waals surface area contributed by atoms with Crippen LogP contribution in [0, 0.1) is 0 Å². The van der Waals surface area contributed by atoms with Gasteiger partial charge in [-0.25, -0.2) is 0 Å². The maximum absolute atomic E-state index is 12.4. The van der Waals surface area contributed by atoms with E-state index in [-0.39, 0.29) is 12.5 Å². The van der Waals surface area contributed by atoms with Crippen LogP contribution in [0.15, 0.2) is 48.5 Å². The maximum atomic E-state index is 12.4. The molecule has 112 valence electrons. The molecule has 0 radical (unpaired) electrons. The molecule has 0 aliphatic carbocycles. The monoisotopic (exact) mass is 295 g/mol. The van der Waals surface area contributed by atoms with Gasteiger partial charge in [0.05, 0.1) is 12.1 Å². The smallest absolute Gasteiger partial charge is 0.250 e. The lowest BCUT2D eigenvalue weighted by Gasteiger charge is -2.18. The average molecular weight is 295 g/mol. The van der Waals surface area contributed by atoms with E-state index in [1.54, 1.807) is 29.2 Å². The zero-order valence-electron chi connectivity index (χ0n) is 12.1. The van der Waals surface area contributed by atoms with Gasteiger partial charge < -0.3 is 16.0 Å². The molecule has 3 N–H and O–H groups in total. The molecule has 0 aromatic heterocycles. The zero-order chi connectivity index (χ0) is 15.5. The van der Waals surface area contributed by atoms with Crippen LogP contribution in [0.25, 0.3) is 0 Å². The first kappa shape index (κ1) is 14.1. The maximum Gasteiger partial charge on any atom is 0.250 e. The molecule has 0 unspecified atom stereocenters. The van der Waals surface area contributed by atoms with Crippen LogP contribution in [-0.2, 0) is 11.2 Å². The number of rotatable bonds is 4. The first-order chi connectivity index (χ1) is 10.7. The van der Waals surface area contributed by atoms with Crippen LogP contribution in [0.2, 0.25) is 0 Å². The molecule has 1 aliphatic rings. The number of carbonyl (C=O) groups excluding carboxylic acids is 2.